The van der Waals surface area contributed by atoms with Crippen molar-refractivity contribution in [3.63, 3.8) is 0 Å². The Balaban J connectivity index is 2.88. The number of nitrogens with zero attached hydrogens (tertiary/aromatic N) is 1. The number of hydrogen-bond donors (Lipinski definition) is 3. The number of carbonyl (C=O) groups excluding carboxylic acids is 2. The van der Waals surface area contributed by atoms with E-state index in [2.05, 4.69) is 10.6 Å². The van der Waals surface area contributed by atoms with Crippen molar-refractivity contribution < 1.29 is 19.5 Å². The molecule has 2 amide bonds. The molecule has 0 aliphatic rings. The van der Waals surface area contributed by atoms with Crippen molar-refractivity contribution in [3.05, 3.63) is 35.9 Å². The second-order valence-corrected chi connectivity index (χ2v) is 5.61. The van der Waals surface area contributed by atoms with Crippen LogP contribution in [-0.4, -0.2) is 35.0 Å². The van der Waals surface area contributed by atoms with Crippen LogP contribution in [0, 0.1) is 17.2 Å². The van der Waals surface area contributed by atoms with Crippen LogP contribution in [0.1, 0.15) is 25.8 Å². The van der Waals surface area contributed by atoms with Gasteiger partial charge < -0.3 is 15.7 Å². The molecule has 3 atom stereocenters. The van der Waals surface area contributed by atoms with E-state index < -0.39 is 29.9 Å². The Morgan fingerprint density at radius 3 is 2.33 bits per heavy atom. The summed E-state index contributed by atoms with van der Waals surface area (Å²) in [4.78, 5) is 35.1. The summed E-state index contributed by atoms with van der Waals surface area (Å²) >= 11 is 0. The molecule has 7 heteroatoms. The minimum atomic E-state index is -1.22. The van der Waals surface area contributed by atoms with Crippen molar-refractivity contribution >= 4 is 17.8 Å². The quantitative estimate of drug-likeness (QED) is 0.652. The fraction of sp³-hybridized carbons (Fsp3) is 0.412. The zero-order valence-electron chi connectivity index (χ0n) is 13.7. The highest BCUT2D eigenvalue weighted by molar-refractivity contribution is 5.90. The highest BCUT2D eigenvalue weighted by Crippen LogP contribution is 2.10. The maximum atomic E-state index is 12.4. The predicted octanol–water partition coefficient (Wildman–Crippen LogP) is 0.853. The normalized spacial score (nSPS) is 13.9. The molecule has 0 fully saturated rings. The summed E-state index contributed by atoms with van der Waals surface area (Å²) in [6.45, 7) is 2.87. The molecule has 1 rings (SSSR count). The van der Waals surface area contributed by atoms with Gasteiger partial charge >= 0.3 is 5.97 Å². The Labute approximate surface area is 140 Å². The van der Waals surface area contributed by atoms with E-state index in [9.17, 15) is 19.5 Å². The number of carboxylic acids is 1. The Bertz CT molecular complexity index is 624. The van der Waals surface area contributed by atoms with Crippen LogP contribution >= 0.6 is 0 Å². The molecule has 0 saturated carbocycles. The molecule has 24 heavy (non-hydrogen) atoms. The van der Waals surface area contributed by atoms with Gasteiger partial charge in [0.2, 0.25) is 11.8 Å². The van der Waals surface area contributed by atoms with Gasteiger partial charge in [-0.15, -0.1) is 0 Å². The van der Waals surface area contributed by atoms with Crippen molar-refractivity contribution in [3.8, 4) is 6.07 Å². The van der Waals surface area contributed by atoms with Gasteiger partial charge in [-0.3, -0.25) is 9.59 Å². The predicted molar refractivity (Wildman–Crippen MR) is 86.7 cm³/mol. The summed E-state index contributed by atoms with van der Waals surface area (Å²) in [6, 6.07) is 8.90. The molecule has 0 heterocycles. The van der Waals surface area contributed by atoms with Crippen LogP contribution in [0.25, 0.3) is 0 Å². The Hall–Kier alpha value is -2.88. The number of amides is 2. The molecule has 1 aromatic carbocycles. The van der Waals surface area contributed by atoms with Gasteiger partial charge in [-0.25, -0.2) is 4.79 Å². The maximum Gasteiger partial charge on any atom is 0.326 e. The van der Waals surface area contributed by atoms with Gasteiger partial charge in [0.25, 0.3) is 0 Å². The lowest BCUT2D eigenvalue weighted by atomic mass is 9.98. The zero-order valence-corrected chi connectivity index (χ0v) is 13.7. The van der Waals surface area contributed by atoms with E-state index >= 15 is 0 Å². The summed E-state index contributed by atoms with van der Waals surface area (Å²) in [5.74, 6) is -2.74. The van der Waals surface area contributed by atoms with Gasteiger partial charge in [0.05, 0.1) is 6.07 Å². The molecule has 128 valence electrons. The number of carbonyl (C=O) groups is 3. The van der Waals surface area contributed by atoms with E-state index in [1.54, 1.807) is 6.92 Å². The van der Waals surface area contributed by atoms with E-state index in [4.69, 9.17) is 5.26 Å². The van der Waals surface area contributed by atoms with E-state index in [1.165, 1.54) is 6.92 Å². The van der Waals surface area contributed by atoms with Crippen molar-refractivity contribution in [2.24, 2.45) is 5.92 Å². The van der Waals surface area contributed by atoms with Crippen LogP contribution in [0.4, 0.5) is 0 Å². The first-order chi connectivity index (χ1) is 11.3. The minimum absolute atomic E-state index is 0.000730. The molecule has 7 nitrogen and oxygen atoms in total. The highest BCUT2D eigenvalue weighted by Gasteiger charge is 2.29. The minimum Gasteiger partial charge on any atom is -0.480 e. The molecule has 1 aromatic rings. The molecule has 0 aromatic heterocycles. The zero-order chi connectivity index (χ0) is 18.1. The molecule has 0 saturated heterocycles. The fourth-order valence-electron chi connectivity index (χ4n) is 2.27. The van der Waals surface area contributed by atoms with Crippen molar-refractivity contribution in [2.45, 2.75) is 38.8 Å². The van der Waals surface area contributed by atoms with E-state index in [1.807, 2.05) is 36.4 Å². The maximum absolute atomic E-state index is 12.4. The van der Waals surface area contributed by atoms with E-state index in [0.717, 1.165) is 5.56 Å². The van der Waals surface area contributed by atoms with Crippen LogP contribution in [0.15, 0.2) is 30.3 Å². The van der Waals surface area contributed by atoms with Crippen LogP contribution in [0.3, 0.4) is 0 Å². The molecular weight excluding hydrogens is 310 g/mol. The number of nitriles is 1. The smallest absolute Gasteiger partial charge is 0.326 e. The van der Waals surface area contributed by atoms with Gasteiger partial charge in [0.15, 0.2) is 0 Å². The summed E-state index contributed by atoms with van der Waals surface area (Å²) in [6.07, 6.45) is 0.242. The largest absolute Gasteiger partial charge is 0.480 e. The Morgan fingerprint density at radius 1 is 1.21 bits per heavy atom. The van der Waals surface area contributed by atoms with Gasteiger partial charge in [-0.05, 0) is 5.56 Å². The van der Waals surface area contributed by atoms with Crippen LogP contribution in [0.2, 0.25) is 0 Å². The number of rotatable bonds is 8. The van der Waals surface area contributed by atoms with Gasteiger partial charge in [0, 0.05) is 25.7 Å². The average molecular weight is 331 g/mol. The highest BCUT2D eigenvalue weighted by atomic mass is 16.4. The van der Waals surface area contributed by atoms with Crippen LogP contribution in [0.5, 0.6) is 0 Å². The van der Waals surface area contributed by atoms with Gasteiger partial charge in [0.1, 0.15) is 12.1 Å². The lowest BCUT2D eigenvalue weighted by molar-refractivity contribution is -0.143. The lowest BCUT2D eigenvalue weighted by Crippen LogP contribution is -2.53. The second-order valence-electron chi connectivity index (χ2n) is 5.61. The summed E-state index contributed by atoms with van der Waals surface area (Å²) in [7, 11) is 0. The molecule has 0 aliphatic heterocycles. The number of carboxylic acid groups (broad SMARTS) is 1. The molecule has 0 spiro atoms. The fourth-order valence-corrected chi connectivity index (χ4v) is 2.27. The molecular formula is C17H21N3O4. The average Bonchev–Trinajstić information content (AvgIpc) is 2.52. The molecule has 0 aliphatic carbocycles. The standard InChI is InChI=1S/C17H21N3O4/c1-11(8-9-18)15(17(23)24)20-16(22)14(19-12(2)21)10-13-6-4-3-5-7-13/h3-7,11,14-15H,8,10H2,1-2H3,(H,19,21)(H,20,22)(H,23,24)/t11-,14-,15+/m0/s1. The van der Waals surface area contributed by atoms with Crippen molar-refractivity contribution in [2.75, 3.05) is 0 Å². The number of aliphatic carboxylic acids is 1. The number of nitrogens with one attached hydrogen (secondary N) is 2. The third-order valence-corrected chi connectivity index (χ3v) is 3.52. The Kier molecular flexibility index (Phi) is 7.43. The molecule has 0 unspecified atom stereocenters. The molecule has 0 bridgehead atoms. The van der Waals surface area contributed by atoms with Crippen LogP contribution in [-0.2, 0) is 20.8 Å². The van der Waals surface area contributed by atoms with Crippen LogP contribution < -0.4 is 10.6 Å². The number of hydrogen-bond acceptors (Lipinski definition) is 4. The first-order valence-electron chi connectivity index (χ1n) is 7.56. The summed E-state index contributed by atoms with van der Waals surface area (Å²) < 4.78 is 0. The van der Waals surface area contributed by atoms with Gasteiger partial charge in [-0.1, -0.05) is 37.3 Å². The second kappa shape index (κ2) is 9.30. The SMILES string of the molecule is CC(=O)N[C@@H](Cc1ccccc1)C(=O)N[C@@H](C(=O)O)[C@@H](C)CC#N. The Morgan fingerprint density at radius 2 is 1.83 bits per heavy atom. The van der Waals surface area contributed by atoms with E-state index in [0.29, 0.717) is 0 Å². The third kappa shape index (κ3) is 6.08. The first kappa shape index (κ1) is 19.2. The first-order valence-corrected chi connectivity index (χ1v) is 7.56. The van der Waals surface area contributed by atoms with Crippen molar-refractivity contribution in [1.82, 2.24) is 10.6 Å². The molecule has 3 N–H and O–H groups in total. The lowest BCUT2D eigenvalue weighted by Gasteiger charge is -2.23. The summed E-state index contributed by atoms with van der Waals surface area (Å²) in [5.41, 5.74) is 0.836. The van der Waals surface area contributed by atoms with Crippen molar-refractivity contribution in [1.29, 1.82) is 5.26 Å². The summed E-state index contributed by atoms with van der Waals surface area (Å²) in [5, 5.41) is 22.9. The number of benzene rings is 1. The molecule has 0 radical (unpaired) electrons. The third-order valence-electron chi connectivity index (χ3n) is 3.52. The topological polar surface area (TPSA) is 119 Å². The van der Waals surface area contributed by atoms with Gasteiger partial charge in [-0.2, -0.15) is 5.26 Å². The monoisotopic (exact) mass is 331 g/mol. The van der Waals surface area contributed by atoms with E-state index in [-0.39, 0.29) is 18.7 Å².